The van der Waals surface area contributed by atoms with Gasteiger partial charge in [-0.2, -0.15) is 0 Å². The second kappa shape index (κ2) is 67.2. The number of carbonyl (C=O) groups is 4. The van der Waals surface area contributed by atoms with E-state index in [0.717, 1.165) is 114 Å². The predicted octanol–water partition coefficient (Wildman–Crippen LogP) is 22.8. The first-order chi connectivity index (χ1) is 46.6. The van der Waals surface area contributed by atoms with Crippen molar-refractivity contribution < 1.29 is 80.2 Å². The standard InChI is InChI=1S/C78H152O17P2/c1-9-71(8)57-49-41-33-25-18-20-26-34-42-50-58-75(80)88-64-73(94-77(82)60-52-44-36-27-16-14-12-10-11-13-15-22-30-38-46-54-68(2)3)66-92-96(84,85)90-62-72(79)63-91-97(86,87)93-67-74(65-89-76(81)59-51-43-35-29-21-24-32-40-48-56-70(6)7)95-78(83)61-53-45-37-28-19-17-23-31-39-47-55-69(4)5/h68-74,79H,9-67H2,1-8H3,(H,84,85)(H,86,87)/t71?,72-,73-,74-/m1/s1. The number of aliphatic hydroxyl groups excluding tert-OH is 1. The Labute approximate surface area is 594 Å². The smallest absolute Gasteiger partial charge is 0.462 e. The molecule has 3 unspecified atom stereocenters. The Balaban J connectivity index is 5.27. The summed E-state index contributed by atoms with van der Waals surface area (Å²) in [6.45, 7) is 14.2. The third kappa shape index (κ3) is 70.9. The molecule has 0 fully saturated rings. The van der Waals surface area contributed by atoms with Gasteiger partial charge in [0.15, 0.2) is 12.2 Å². The Morgan fingerprint density at radius 2 is 0.495 bits per heavy atom. The zero-order valence-electron chi connectivity index (χ0n) is 63.7. The zero-order valence-corrected chi connectivity index (χ0v) is 65.5. The Kier molecular flexibility index (Phi) is 65.9. The van der Waals surface area contributed by atoms with Crippen LogP contribution in [0.4, 0.5) is 0 Å². The van der Waals surface area contributed by atoms with Crippen LogP contribution in [0.2, 0.25) is 0 Å². The molecule has 3 N–H and O–H groups in total. The van der Waals surface area contributed by atoms with Gasteiger partial charge in [-0.3, -0.25) is 37.3 Å². The third-order valence-corrected chi connectivity index (χ3v) is 20.3. The van der Waals surface area contributed by atoms with Crippen molar-refractivity contribution in [1.29, 1.82) is 0 Å². The quantitative estimate of drug-likeness (QED) is 0.0222. The summed E-state index contributed by atoms with van der Waals surface area (Å²) in [5.41, 5.74) is 0. The van der Waals surface area contributed by atoms with Crippen molar-refractivity contribution in [2.45, 2.75) is 414 Å². The summed E-state index contributed by atoms with van der Waals surface area (Å²) >= 11 is 0. The van der Waals surface area contributed by atoms with Crippen molar-refractivity contribution in [1.82, 2.24) is 0 Å². The maximum absolute atomic E-state index is 13.1. The highest BCUT2D eigenvalue weighted by Crippen LogP contribution is 2.45. The number of phosphoric ester groups is 2. The molecule has 17 nitrogen and oxygen atoms in total. The van der Waals surface area contributed by atoms with E-state index in [2.05, 4.69) is 55.4 Å². The zero-order chi connectivity index (χ0) is 71.7. The summed E-state index contributed by atoms with van der Waals surface area (Å²) in [7, 11) is -9.92. The number of aliphatic hydroxyl groups is 1. The number of ether oxygens (including phenoxy) is 4. The molecular weight excluding hydrogens is 1270 g/mol. The summed E-state index contributed by atoms with van der Waals surface area (Å²) in [5.74, 6) is 0.990. The van der Waals surface area contributed by atoms with Gasteiger partial charge in [-0.15, -0.1) is 0 Å². The van der Waals surface area contributed by atoms with E-state index >= 15 is 0 Å². The van der Waals surface area contributed by atoms with Crippen molar-refractivity contribution in [2.24, 2.45) is 23.7 Å². The van der Waals surface area contributed by atoms with Crippen LogP contribution in [0.1, 0.15) is 396 Å². The van der Waals surface area contributed by atoms with Crippen LogP contribution in [0.3, 0.4) is 0 Å². The van der Waals surface area contributed by atoms with Crippen molar-refractivity contribution in [3.05, 3.63) is 0 Å². The van der Waals surface area contributed by atoms with Crippen LogP contribution in [0, 0.1) is 23.7 Å². The number of esters is 4. The molecule has 576 valence electrons. The van der Waals surface area contributed by atoms with E-state index in [-0.39, 0.29) is 25.7 Å². The first-order valence-corrected chi connectivity index (χ1v) is 43.2. The summed E-state index contributed by atoms with van der Waals surface area (Å²) in [6.07, 6.45) is 52.6. The molecule has 0 radical (unpaired) electrons. The highest BCUT2D eigenvalue weighted by atomic mass is 31.2. The summed E-state index contributed by atoms with van der Waals surface area (Å²) < 4.78 is 68.6. The number of hydrogen-bond donors (Lipinski definition) is 3. The number of unbranched alkanes of at least 4 members (excludes halogenated alkanes) is 40. The van der Waals surface area contributed by atoms with E-state index in [1.807, 2.05) is 0 Å². The molecule has 19 heteroatoms. The van der Waals surface area contributed by atoms with Crippen LogP contribution in [-0.4, -0.2) is 96.7 Å². The van der Waals surface area contributed by atoms with Gasteiger partial charge in [-0.1, -0.05) is 344 Å². The van der Waals surface area contributed by atoms with Crippen LogP contribution < -0.4 is 0 Å². The van der Waals surface area contributed by atoms with Gasteiger partial charge in [0.2, 0.25) is 0 Å². The fourth-order valence-electron chi connectivity index (χ4n) is 11.9. The van der Waals surface area contributed by atoms with Crippen molar-refractivity contribution in [3.63, 3.8) is 0 Å². The van der Waals surface area contributed by atoms with Gasteiger partial charge in [-0.05, 0) is 49.4 Å². The molecule has 0 aliphatic carbocycles. The van der Waals surface area contributed by atoms with Crippen molar-refractivity contribution in [2.75, 3.05) is 39.6 Å². The van der Waals surface area contributed by atoms with Crippen LogP contribution >= 0.6 is 15.6 Å². The molecule has 0 bridgehead atoms. The van der Waals surface area contributed by atoms with Gasteiger partial charge >= 0.3 is 39.5 Å². The normalized spacial score (nSPS) is 14.4. The first-order valence-electron chi connectivity index (χ1n) is 40.2. The van der Waals surface area contributed by atoms with E-state index in [1.54, 1.807) is 0 Å². The molecule has 0 amide bonds. The molecule has 0 aliphatic heterocycles. The van der Waals surface area contributed by atoms with E-state index in [0.29, 0.717) is 25.7 Å². The van der Waals surface area contributed by atoms with Crippen LogP contribution in [-0.2, 0) is 65.4 Å². The molecule has 6 atom stereocenters. The van der Waals surface area contributed by atoms with E-state index in [4.69, 9.17) is 37.0 Å². The molecule has 0 saturated heterocycles. The number of phosphoric acid groups is 2. The maximum Gasteiger partial charge on any atom is 0.472 e. The molecular formula is C78H152O17P2. The molecule has 0 heterocycles. The third-order valence-electron chi connectivity index (χ3n) is 18.4. The van der Waals surface area contributed by atoms with Gasteiger partial charge in [0.05, 0.1) is 26.4 Å². The Morgan fingerprint density at radius 3 is 0.732 bits per heavy atom. The lowest BCUT2D eigenvalue weighted by Gasteiger charge is -2.21. The van der Waals surface area contributed by atoms with Crippen LogP contribution in [0.5, 0.6) is 0 Å². The molecule has 0 aromatic rings. The second-order valence-electron chi connectivity index (χ2n) is 29.8. The SMILES string of the molecule is CCC(C)CCCCCCCCCCCCC(=O)OC[C@H](COP(=O)(O)OC[C@@H](O)COP(=O)(O)OC[C@@H](COC(=O)CCCCCCCCCCCC(C)C)OC(=O)CCCCCCCCCCCCC(C)C)OC(=O)CCCCCCCCCCCCCCCCCC(C)C. The van der Waals surface area contributed by atoms with E-state index in [9.17, 15) is 43.2 Å². The average molecular weight is 1420 g/mol. The molecule has 0 aromatic heterocycles. The fourth-order valence-corrected chi connectivity index (χ4v) is 13.5. The molecule has 0 aromatic carbocycles. The lowest BCUT2D eigenvalue weighted by Crippen LogP contribution is -2.30. The van der Waals surface area contributed by atoms with Crippen molar-refractivity contribution >= 4 is 39.5 Å². The molecule has 0 spiro atoms. The van der Waals surface area contributed by atoms with Gasteiger partial charge in [0.1, 0.15) is 19.3 Å². The molecule has 97 heavy (non-hydrogen) atoms. The summed E-state index contributed by atoms with van der Waals surface area (Å²) in [5, 5.41) is 10.6. The monoisotopic (exact) mass is 1420 g/mol. The highest BCUT2D eigenvalue weighted by Gasteiger charge is 2.30. The predicted molar refractivity (Wildman–Crippen MR) is 395 cm³/mol. The summed E-state index contributed by atoms with van der Waals surface area (Å²) in [4.78, 5) is 72.9. The first kappa shape index (κ1) is 95.1. The Hall–Kier alpha value is -1.94. The number of carbonyl (C=O) groups excluding carboxylic acids is 4. The minimum absolute atomic E-state index is 0.105. The average Bonchev–Trinajstić information content (AvgIpc) is 1.05. The van der Waals surface area contributed by atoms with Gasteiger partial charge in [-0.25, -0.2) is 9.13 Å². The topological polar surface area (TPSA) is 237 Å². The van der Waals surface area contributed by atoms with E-state index in [1.165, 1.54) is 199 Å². The maximum atomic E-state index is 13.1. The lowest BCUT2D eigenvalue weighted by atomic mass is 9.99. The molecule has 0 rings (SSSR count). The minimum Gasteiger partial charge on any atom is -0.462 e. The van der Waals surface area contributed by atoms with Crippen molar-refractivity contribution in [3.8, 4) is 0 Å². The summed E-state index contributed by atoms with van der Waals surface area (Å²) in [6, 6.07) is 0. The molecule has 0 aliphatic rings. The van der Waals surface area contributed by atoms with Crippen LogP contribution in [0.15, 0.2) is 0 Å². The van der Waals surface area contributed by atoms with Gasteiger partial charge in [0, 0.05) is 25.7 Å². The highest BCUT2D eigenvalue weighted by molar-refractivity contribution is 7.47. The lowest BCUT2D eigenvalue weighted by molar-refractivity contribution is -0.161. The fraction of sp³-hybridized carbons (Fsp3) is 0.949. The van der Waals surface area contributed by atoms with Gasteiger partial charge in [0.25, 0.3) is 0 Å². The largest absolute Gasteiger partial charge is 0.472 e. The number of hydrogen-bond acceptors (Lipinski definition) is 15. The second-order valence-corrected chi connectivity index (χ2v) is 32.7. The van der Waals surface area contributed by atoms with Gasteiger partial charge < -0.3 is 33.8 Å². The molecule has 0 saturated carbocycles. The van der Waals surface area contributed by atoms with Crippen LogP contribution in [0.25, 0.3) is 0 Å². The van der Waals surface area contributed by atoms with E-state index < -0.39 is 97.5 Å². The number of rotatable bonds is 75. The Bertz CT molecular complexity index is 1900. The Morgan fingerprint density at radius 1 is 0.289 bits per heavy atom. The minimum atomic E-state index is -4.96.